The Kier molecular flexibility index (Phi) is 18.1. The molecule has 4 N–H and O–H groups in total. The number of guanidine groups is 1. The van der Waals surface area contributed by atoms with Crippen molar-refractivity contribution in [2.45, 2.75) is 103 Å². The number of piperazine rings is 1. The third kappa shape index (κ3) is 12.5. The lowest BCUT2D eigenvalue weighted by Gasteiger charge is -2.40. The van der Waals surface area contributed by atoms with Crippen molar-refractivity contribution in [3.8, 4) is 0 Å². The van der Waals surface area contributed by atoms with Crippen LogP contribution in [-0.2, 0) is 34.8 Å². The van der Waals surface area contributed by atoms with Crippen LogP contribution in [0.25, 0.3) is 0 Å². The quantitative estimate of drug-likeness (QED) is 0.0977. The maximum atomic E-state index is 14.4. The first-order chi connectivity index (χ1) is 26.0. The van der Waals surface area contributed by atoms with Crippen molar-refractivity contribution in [2.75, 3.05) is 68.1 Å². The van der Waals surface area contributed by atoms with Gasteiger partial charge in [0.2, 0.25) is 17.7 Å². The number of likely N-dealkylation sites (tertiary alicyclic amines) is 1. The van der Waals surface area contributed by atoms with Gasteiger partial charge in [0.15, 0.2) is 5.96 Å². The molecule has 1 aromatic rings. The van der Waals surface area contributed by atoms with Crippen molar-refractivity contribution in [3.05, 3.63) is 35.9 Å². The Labute approximate surface area is 328 Å². The second-order valence-corrected chi connectivity index (χ2v) is 17.4. The molecule has 2 aliphatic rings. The maximum absolute atomic E-state index is 14.4. The van der Waals surface area contributed by atoms with Gasteiger partial charge in [0.25, 0.3) is 0 Å². The van der Waals surface area contributed by atoms with Gasteiger partial charge < -0.3 is 49.5 Å². The minimum absolute atomic E-state index is 0.00680. The van der Waals surface area contributed by atoms with Gasteiger partial charge in [-0.2, -0.15) is 0 Å². The summed E-state index contributed by atoms with van der Waals surface area (Å²) >= 11 is 0. The summed E-state index contributed by atoms with van der Waals surface area (Å²) in [4.78, 5) is 75.1. The molecule has 0 spiro atoms. The van der Waals surface area contributed by atoms with E-state index < -0.39 is 55.5 Å². The molecule has 8 atom stereocenters. The number of methoxy groups -OCH3 is 2. The van der Waals surface area contributed by atoms with Gasteiger partial charge in [-0.05, 0) is 30.2 Å². The predicted octanol–water partition coefficient (Wildman–Crippen LogP) is 2.62. The van der Waals surface area contributed by atoms with Crippen molar-refractivity contribution in [1.82, 2.24) is 30.2 Å². The minimum atomic E-state index is -4.71. The number of likely N-dealkylation sites (N-methyl/N-ethyl adjacent to an activating group) is 1. The van der Waals surface area contributed by atoms with Crippen LogP contribution in [-0.4, -0.2) is 157 Å². The highest BCUT2D eigenvalue weighted by Gasteiger charge is 2.43. The SMILES string of the molecule is CC[C@H](C)[C@@H]([C@@H](CC(=O)N1CCC[C@H]1[C@H](OC)[C@@H](C)C(=O)N[C@@H](Cc1ccccc1)P(=O)(O)O)OC)N(C)C(=O)[C@@H](N=C(N(C)C)N1CCNCC1)C(C)C. The van der Waals surface area contributed by atoms with E-state index in [2.05, 4.69) is 29.4 Å². The highest BCUT2D eigenvalue weighted by atomic mass is 31.2. The summed E-state index contributed by atoms with van der Waals surface area (Å²) in [6.07, 6.45) is 0.645. The van der Waals surface area contributed by atoms with E-state index in [0.29, 0.717) is 24.9 Å². The number of amides is 3. The lowest BCUT2D eigenvalue weighted by atomic mass is 9.89. The number of benzene rings is 1. The number of rotatable bonds is 18. The molecular formula is C39H68N7O8P. The van der Waals surface area contributed by atoms with E-state index in [1.54, 1.807) is 61.2 Å². The zero-order valence-electron chi connectivity index (χ0n) is 34.7. The summed E-state index contributed by atoms with van der Waals surface area (Å²) in [5, 5.41) is 5.95. The van der Waals surface area contributed by atoms with Crippen molar-refractivity contribution in [1.29, 1.82) is 0 Å². The van der Waals surface area contributed by atoms with Crippen LogP contribution < -0.4 is 10.6 Å². The van der Waals surface area contributed by atoms with E-state index in [1.165, 1.54) is 7.11 Å². The van der Waals surface area contributed by atoms with Gasteiger partial charge in [0.05, 0.1) is 36.6 Å². The van der Waals surface area contributed by atoms with E-state index in [4.69, 9.17) is 14.5 Å². The largest absolute Gasteiger partial charge is 0.379 e. The van der Waals surface area contributed by atoms with Crippen molar-refractivity contribution < 1.29 is 38.2 Å². The average Bonchev–Trinajstić information content (AvgIpc) is 3.64. The van der Waals surface area contributed by atoms with E-state index in [0.717, 1.165) is 38.6 Å². The highest BCUT2D eigenvalue weighted by Crippen LogP contribution is 2.41. The molecule has 1 aromatic carbocycles. The number of carbonyl (C=O) groups excluding carboxylic acids is 3. The monoisotopic (exact) mass is 793 g/mol. The maximum Gasteiger partial charge on any atom is 0.347 e. The number of aliphatic imine (C=N–C) groups is 1. The average molecular weight is 794 g/mol. The summed E-state index contributed by atoms with van der Waals surface area (Å²) in [7, 11) is 4.01. The van der Waals surface area contributed by atoms with Crippen LogP contribution >= 0.6 is 7.60 Å². The second-order valence-electron chi connectivity index (χ2n) is 15.6. The van der Waals surface area contributed by atoms with Crippen molar-refractivity contribution in [2.24, 2.45) is 22.7 Å². The summed E-state index contributed by atoms with van der Waals surface area (Å²) in [6, 6.07) is 7.32. The van der Waals surface area contributed by atoms with Gasteiger partial charge in [-0.3, -0.25) is 18.9 Å². The molecule has 0 saturated carbocycles. The molecule has 2 saturated heterocycles. The Hall–Kier alpha value is -3.07. The number of ether oxygens (including phenoxy) is 2. The molecule has 312 valence electrons. The van der Waals surface area contributed by atoms with Crippen LogP contribution in [0.15, 0.2) is 35.3 Å². The molecule has 2 aliphatic heterocycles. The van der Waals surface area contributed by atoms with E-state index in [9.17, 15) is 28.7 Å². The summed E-state index contributed by atoms with van der Waals surface area (Å²) < 4.78 is 24.4. The van der Waals surface area contributed by atoms with Gasteiger partial charge in [-0.1, -0.05) is 71.4 Å². The fourth-order valence-corrected chi connectivity index (χ4v) is 8.60. The van der Waals surface area contributed by atoms with Crippen LogP contribution in [0.4, 0.5) is 0 Å². The lowest BCUT2D eigenvalue weighted by molar-refractivity contribution is -0.146. The summed E-state index contributed by atoms with van der Waals surface area (Å²) in [5.74, 6) is -2.45. The molecule has 2 heterocycles. The van der Waals surface area contributed by atoms with Crippen molar-refractivity contribution >= 4 is 31.3 Å². The lowest BCUT2D eigenvalue weighted by Crippen LogP contribution is -2.55. The smallest absolute Gasteiger partial charge is 0.347 e. The van der Waals surface area contributed by atoms with Gasteiger partial charge >= 0.3 is 7.60 Å². The van der Waals surface area contributed by atoms with Crippen LogP contribution in [0.3, 0.4) is 0 Å². The van der Waals surface area contributed by atoms with Crippen LogP contribution in [0.1, 0.15) is 65.9 Å². The molecule has 55 heavy (non-hydrogen) atoms. The fraction of sp³-hybridized carbons (Fsp3) is 0.744. The molecule has 0 bridgehead atoms. The molecule has 0 radical (unpaired) electrons. The van der Waals surface area contributed by atoms with Gasteiger partial charge in [-0.15, -0.1) is 0 Å². The number of carbonyl (C=O) groups is 3. The Morgan fingerprint density at radius 2 is 1.65 bits per heavy atom. The van der Waals surface area contributed by atoms with E-state index in [1.807, 2.05) is 32.8 Å². The summed E-state index contributed by atoms with van der Waals surface area (Å²) in [6.45, 7) is 13.5. The number of nitrogens with one attached hydrogen (secondary N) is 2. The van der Waals surface area contributed by atoms with Crippen LogP contribution in [0.5, 0.6) is 0 Å². The second kappa shape index (κ2) is 21.5. The number of hydrogen-bond donors (Lipinski definition) is 4. The highest BCUT2D eigenvalue weighted by molar-refractivity contribution is 7.52. The molecule has 0 aliphatic carbocycles. The molecule has 3 rings (SSSR count). The first-order valence-electron chi connectivity index (χ1n) is 19.7. The zero-order valence-corrected chi connectivity index (χ0v) is 35.6. The van der Waals surface area contributed by atoms with Crippen molar-refractivity contribution in [3.63, 3.8) is 0 Å². The molecule has 15 nitrogen and oxygen atoms in total. The Morgan fingerprint density at radius 1 is 1.02 bits per heavy atom. The molecule has 3 amide bonds. The Morgan fingerprint density at radius 3 is 2.18 bits per heavy atom. The Bertz CT molecular complexity index is 1450. The normalized spacial score (nSPS) is 20.7. The van der Waals surface area contributed by atoms with Gasteiger partial charge in [0.1, 0.15) is 11.8 Å². The fourth-order valence-electron chi connectivity index (χ4n) is 7.86. The van der Waals surface area contributed by atoms with Gasteiger partial charge in [-0.25, -0.2) is 4.99 Å². The first-order valence-corrected chi connectivity index (χ1v) is 21.4. The molecule has 0 unspecified atom stereocenters. The molecular weight excluding hydrogens is 725 g/mol. The standard InChI is InChI=1S/C39H68N7O8P/c1-11-27(4)35(44(8)38(49)34(26(2)3)42-39(43(6)7)45-22-19-40-20-23-45)31(53-9)25-33(47)46-21-15-18-30(46)36(54-10)28(5)37(48)41-32(55(50,51)52)24-29-16-13-12-14-17-29/h12-14,16-17,26-28,30-32,34-36,40H,11,15,18-25H2,1-10H3,(H,41,48)(H2,50,51,52)/t27-,28+,30-,31+,32+,34-,35-,36+/m0/s1. The third-order valence-corrected chi connectivity index (χ3v) is 12.3. The molecule has 16 heteroatoms. The summed E-state index contributed by atoms with van der Waals surface area (Å²) in [5.41, 5.74) is 0.677. The molecule has 2 fully saturated rings. The number of nitrogens with zero attached hydrogens (tertiary/aromatic N) is 5. The molecule has 0 aromatic heterocycles. The minimum Gasteiger partial charge on any atom is -0.379 e. The number of hydrogen-bond acceptors (Lipinski definition) is 8. The topological polar surface area (TPSA) is 177 Å². The third-order valence-electron chi connectivity index (χ3n) is 11.2. The van der Waals surface area contributed by atoms with Gasteiger partial charge in [0, 0.05) is 74.5 Å². The van der Waals surface area contributed by atoms with Crippen LogP contribution in [0.2, 0.25) is 0 Å². The van der Waals surface area contributed by atoms with E-state index in [-0.39, 0.29) is 36.5 Å². The van der Waals surface area contributed by atoms with Crippen LogP contribution in [0, 0.1) is 17.8 Å². The Balaban J connectivity index is 1.81. The zero-order chi connectivity index (χ0) is 41.0. The first kappa shape index (κ1) is 46.3. The predicted molar refractivity (Wildman–Crippen MR) is 214 cm³/mol. The van der Waals surface area contributed by atoms with E-state index >= 15 is 0 Å².